The Labute approximate surface area is 153 Å². The molecular formula is C13H9F3I2O3S. The summed E-state index contributed by atoms with van der Waals surface area (Å²) in [7, 11) is -5.84. The van der Waals surface area contributed by atoms with E-state index in [2.05, 4.69) is 93.7 Å². The maximum Gasteiger partial charge on any atom is 0.522 e. The molecule has 0 bridgehead atoms. The molecule has 3 nitrogen and oxygen atoms in total. The maximum atomic E-state index is 10.7. The molecule has 0 aliphatic heterocycles. The highest BCUT2D eigenvalue weighted by atomic mass is 127. The van der Waals surface area contributed by atoms with Gasteiger partial charge in [0.1, 0.15) is 0 Å². The van der Waals surface area contributed by atoms with Gasteiger partial charge in [-0.2, -0.15) is 21.6 Å². The van der Waals surface area contributed by atoms with Crippen molar-refractivity contribution in [1.29, 1.82) is 0 Å². The predicted molar refractivity (Wildman–Crippen MR) is 94.9 cm³/mol. The Morgan fingerprint density at radius 1 is 0.909 bits per heavy atom. The van der Waals surface area contributed by atoms with Gasteiger partial charge in [0.25, 0.3) is 0 Å². The fraction of sp³-hybridized carbons (Fsp3) is 0.0769. The van der Waals surface area contributed by atoms with Crippen LogP contribution < -0.4 is 0 Å². The van der Waals surface area contributed by atoms with Crippen LogP contribution >= 0.6 is 45.2 Å². The smallest absolute Gasteiger partial charge is 0.279 e. The van der Waals surface area contributed by atoms with Gasteiger partial charge >= 0.3 is 15.6 Å². The lowest BCUT2D eigenvalue weighted by molar-refractivity contribution is -0.0510. The van der Waals surface area contributed by atoms with E-state index in [1.807, 2.05) is 0 Å². The van der Waals surface area contributed by atoms with Gasteiger partial charge in [0.2, 0.25) is 0 Å². The molecule has 0 unspecified atom stereocenters. The number of alkyl halides is 3. The average Bonchev–Trinajstić information content (AvgIpc) is 2.39. The minimum Gasteiger partial charge on any atom is -0.279 e. The first-order valence-electron chi connectivity index (χ1n) is 5.56. The van der Waals surface area contributed by atoms with Crippen LogP contribution in [0.25, 0.3) is 11.1 Å². The molecule has 9 heteroatoms. The molecule has 0 aromatic heterocycles. The Morgan fingerprint density at radius 3 is 1.77 bits per heavy atom. The highest BCUT2D eigenvalue weighted by Gasteiger charge is 2.44. The van der Waals surface area contributed by atoms with Crippen LogP contribution in [0.4, 0.5) is 13.2 Å². The van der Waals surface area contributed by atoms with E-state index >= 15 is 0 Å². The van der Waals surface area contributed by atoms with Crippen molar-refractivity contribution in [2.75, 3.05) is 0 Å². The fourth-order valence-electron chi connectivity index (χ4n) is 1.32. The summed E-state index contributed by atoms with van der Waals surface area (Å²) in [5, 5.41) is 0. The lowest BCUT2D eigenvalue weighted by Crippen LogP contribution is -2.21. The zero-order valence-electron chi connectivity index (χ0n) is 10.7. The van der Waals surface area contributed by atoms with Crippen molar-refractivity contribution in [2.45, 2.75) is 5.51 Å². The van der Waals surface area contributed by atoms with Crippen LogP contribution in [-0.4, -0.2) is 18.5 Å². The Hall–Kier alpha value is -0.400. The van der Waals surface area contributed by atoms with Crippen molar-refractivity contribution in [2.24, 2.45) is 0 Å². The Kier molecular flexibility index (Phi) is 7.08. The first-order valence-corrected chi connectivity index (χ1v) is 9.16. The minimum atomic E-state index is -5.84. The van der Waals surface area contributed by atoms with E-state index in [-0.39, 0.29) is 0 Å². The number of hydrogen-bond acceptors (Lipinski definition) is 2. The van der Waals surface area contributed by atoms with Crippen molar-refractivity contribution >= 4 is 55.3 Å². The summed E-state index contributed by atoms with van der Waals surface area (Å²) in [5.41, 5.74) is -2.94. The molecule has 0 heterocycles. The second kappa shape index (κ2) is 7.93. The third kappa shape index (κ3) is 6.01. The Morgan fingerprint density at radius 2 is 1.36 bits per heavy atom. The molecule has 0 atom stereocenters. The van der Waals surface area contributed by atoms with Crippen molar-refractivity contribution < 1.29 is 26.1 Å². The van der Waals surface area contributed by atoms with Gasteiger partial charge in [-0.15, -0.1) is 0 Å². The number of rotatable bonds is 1. The molecule has 0 saturated heterocycles. The van der Waals surface area contributed by atoms with Crippen molar-refractivity contribution in [3.8, 4) is 11.1 Å². The first kappa shape index (κ1) is 19.6. The topological polar surface area (TPSA) is 54.4 Å². The van der Waals surface area contributed by atoms with E-state index in [0.717, 1.165) is 0 Å². The van der Waals surface area contributed by atoms with Gasteiger partial charge in [0.05, 0.1) is 0 Å². The third-order valence-electron chi connectivity index (χ3n) is 2.32. The lowest BCUT2D eigenvalue weighted by atomic mass is 10.1. The predicted octanol–water partition coefficient (Wildman–Crippen LogP) is 4.96. The molecule has 2 rings (SSSR count). The minimum absolute atomic E-state index is 1.28. The number of benzene rings is 2. The molecule has 0 spiro atoms. The van der Waals surface area contributed by atoms with Crippen LogP contribution in [-0.2, 0) is 10.1 Å². The molecule has 0 radical (unpaired) electrons. The van der Waals surface area contributed by atoms with Gasteiger partial charge in [-0.05, 0) is 74.5 Å². The zero-order chi connectivity index (χ0) is 17.0. The average molecular weight is 556 g/mol. The second-order valence-electron chi connectivity index (χ2n) is 3.91. The third-order valence-corrected chi connectivity index (χ3v) is 4.57. The van der Waals surface area contributed by atoms with Gasteiger partial charge in [0.15, 0.2) is 0 Å². The van der Waals surface area contributed by atoms with E-state index in [9.17, 15) is 13.2 Å². The van der Waals surface area contributed by atoms with Gasteiger partial charge in [0, 0.05) is 7.14 Å². The largest absolute Gasteiger partial charge is 0.522 e. The van der Waals surface area contributed by atoms with Crippen LogP contribution in [0.2, 0.25) is 0 Å². The summed E-state index contributed by atoms with van der Waals surface area (Å²) < 4.78 is 60.1. The summed E-state index contributed by atoms with van der Waals surface area (Å²) >= 11 is 4.69. The van der Waals surface area contributed by atoms with Crippen LogP contribution in [0.15, 0.2) is 48.5 Å². The second-order valence-corrected chi connectivity index (χ2v) is 7.73. The molecule has 2 aromatic rings. The summed E-state index contributed by atoms with van der Waals surface area (Å²) in [6.45, 7) is 0. The standard InChI is InChI=1S/C12H8I2.CHF3O3S/c13-10-7-5-9(6-8-10)11-3-1-2-4-12(11)14;2-1(3,4)8(5,6)7/h1-8H;(H,5,6,7). The molecule has 0 fully saturated rings. The molecule has 22 heavy (non-hydrogen) atoms. The Bertz CT molecular complexity index is 729. The SMILES string of the molecule is Ic1ccc(-c2ccccc2I)cc1.O=S(=O)(O)C(F)(F)F. The quantitative estimate of drug-likeness (QED) is 0.307. The highest BCUT2D eigenvalue weighted by molar-refractivity contribution is 14.1. The molecule has 1 N–H and O–H groups in total. The monoisotopic (exact) mass is 556 g/mol. The Balaban J connectivity index is 0.000000261. The van der Waals surface area contributed by atoms with E-state index in [0.29, 0.717) is 0 Å². The summed E-state index contributed by atoms with van der Waals surface area (Å²) in [5.74, 6) is 0. The van der Waals surface area contributed by atoms with Gasteiger partial charge < -0.3 is 0 Å². The number of hydrogen-bond donors (Lipinski definition) is 1. The molecule has 0 aliphatic rings. The lowest BCUT2D eigenvalue weighted by Gasteiger charge is -2.03. The normalized spacial score (nSPS) is 11.5. The van der Waals surface area contributed by atoms with Gasteiger partial charge in [-0.3, -0.25) is 4.55 Å². The molecular weight excluding hydrogens is 547 g/mol. The van der Waals surface area contributed by atoms with E-state index in [1.165, 1.54) is 18.3 Å². The van der Waals surface area contributed by atoms with E-state index < -0.39 is 15.6 Å². The fourth-order valence-corrected chi connectivity index (χ4v) is 2.38. The molecule has 0 amide bonds. The van der Waals surface area contributed by atoms with E-state index in [1.54, 1.807) is 0 Å². The van der Waals surface area contributed by atoms with Crippen LogP contribution in [0.1, 0.15) is 0 Å². The van der Waals surface area contributed by atoms with Crippen LogP contribution in [0.5, 0.6) is 0 Å². The van der Waals surface area contributed by atoms with Gasteiger partial charge in [-0.1, -0.05) is 30.3 Å². The molecule has 0 aliphatic carbocycles. The van der Waals surface area contributed by atoms with Crippen LogP contribution in [0, 0.1) is 7.14 Å². The van der Waals surface area contributed by atoms with Gasteiger partial charge in [-0.25, -0.2) is 0 Å². The van der Waals surface area contributed by atoms with Crippen molar-refractivity contribution in [1.82, 2.24) is 0 Å². The summed E-state index contributed by atoms with van der Waals surface area (Å²) in [6, 6.07) is 17.0. The highest BCUT2D eigenvalue weighted by Crippen LogP contribution is 2.25. The first-order chi connectivity index (χ1) is 10.0. The molecule has 2 aromatic carbocycles. The number of halogens is 5. The molecule has 120 valence electrons. The van der Waals surface area contributed by atoms with E-state index in [4.69, 9.17) is 13.0 Å². The zero-order valence-corrected chi connectivity index (χ0v) is 15.8. The maximum absolute atomic E-state index is 10.7. The summed E-state index contributed by atoms with van der Waals surface area (Å²) in [6.07, 6.45) is 0. The molecule has 0 saturated carbocycles. The van der Waals surface area contributed by atoms with Crippen LogP contribution in [0.3, 0.4) is 0 Å². The van der Waals surface area contributed by atoms with Crippen molar-refractivity contribution in [3.63, 3.8) is 0 Å². The van der Waals surface area contributed by atoms with Crippen molar-refractivity contribution in [3.05, 3.63) is 55.7 Å². The summed E-state index contributed by atoms with van der Waals surface area (Å²) in [4.78, 5) is 0.